The third-order valence-corrected chi connectivity index (χ3v) is 7.42. The van der Waals surface area contributed by atoms with E-state index in [0.717, 1.165) is 22.9 Å². The highest BCUT2D eigenvalue weighted by molar-refractivity contribution is 8.14. The lowest BCUT2D eigenvalue weighted by molar-refractivity contribution is -0.126. The molecule has 1 aromatic carbocycles. The molecule has 2 aliphatic heterocycles. The van der Waals surface area contributed by atoms with Crippen LogP contribution in [0, 0.1) is 13.8 Å². The molecule has 2 saturated heterocycles. The van der Waals surface area contributed by atoms with Gasteiger partial charge in [0.15, 0.2) is 0 Å². The van der Waals surface area contributed by atoms with Crippen molar-refractivity contribution in [3.63, 3.8) is 0 Å². The smallest absolute Gasteiger partial charge is 0.273 e. The molecule has 0 unspecified atom stereocenters. The second kappa shape index (κ2) is 6.50. The highest BCUT2D eigenvalue weighted by Gasteiger charge is 2.39. The molecular formula is C16H20N2O4S2. The van der Waals surface area contributed by atoms with Gasteiger partial charge in [0.05, 0.1) is 10.6 Å². The third kappa shape index (κ3) is 3.10. The Bertz CT molecular complexity index is 767. The Labute approximate surface area is 146 Å². The van der Waals surface area contributed by atoms with Crippen molar-refractivity contribution < 1.29 is 18.0 Å². The van der Waals surface area contributed by atoms with Crippen molar-refractivity contribution in [1.82, 2.24) is 9.21 Å². The van der Waals surface area contributed by atoms with Gasteiger partial charge in [-0.05, 0) is 38.3 Å². The van der Waals surface area contributed by atoms with Gasteiger partial charge in [0.1, 0.15) is 0 Å². The van der Waals surface area contributed by atoms with Gasteiger partial charge in [-0.1, -0.05) is 29.5 Å². The van der Waals surface area contributed by atoms with E-state index < -0.39 is 10.0 Å². The lowest BCUT2D eigenvalue weighted by Crippen LogP contribution is -2.48. The van der Waals surface area contributed by atoms with E-state index in [2.05, 4.69) is 0 Å². The van der Waals surface area contributed by atoms with Crippen LogP contribution in [-0.4, -0.2) is 53.7 Å². The Morgan fingerprint density at radius 1 is 1.12 bits per heavy atom. The van der Waals surface area contributed by atoms with Gasteiger partial charge in [-0.25, -0.2) is 8.42 Å². The highest BCUT2D eigenvalue weighted by atomic mass is 32.2. The summed E-state index contributed by atoms with van der Waals surface area (Å²) >= 11 is 1.02. The molecule has 0 radical (unpaired) electrons. The van der Waals surface area contributed by atoms with Crippen molar-refractivity contribution >= 4 is 32.9 Å². The molecule has 2 fully saturated rings. The number of benzene rings is 1. The largest absolute Gasteiger partial charge is 0.289 e. The molecule has 0 aliphatic carbocycles. The Hall–Kier alpha value is -1.38. The van der Waals surface area contributed by atoms with Crippen LogP contribution in [-0.2, 0) is 14.8 Å². The van der Waals surface area contributed by atoms with Crippen molar-refractivity contribution in [2.45, 2.75) is 37.6 Å². The number of nitrogens with zero attached hydrogens (tertiary/aromatic N) is 2. The highest BCUT2D eigenvalue weighted by Crippen LogP contribution is 2.29. The fourth-order valence-electron chi connectivity index (χ4n) is 3.29. The minimum absolute atomic E-state index is 0.166. The molecule has 1 aromatic rings. The number of carbonyl (C=O) groups is 2. The van der Waals surface area contributed by atoms with Crippen LogP contribution in [0.25, 0.3) is 0 Å². The van der Waals surface area contributed by atoms with Crippen molar-refractivity contribution in [1.29, 1.82) is 0 Å². The summed E-state index contributed by atoms with van der Waals surface area (Å²) in [7, 11) is -3.54. The SMILES string of the molecule is Cc1ccc(S(=O)(=O)N2CCC(N3C(=O)CSC3=O)CC2)c(C)c1. The van der Waals surface area contributed by atoms with Gasteiger partial charge < -0.3 is 0 Å². The Morgan fingerprint density at radius 3 is 2.33 bits per heavy atom. The minimum Gasteiger partial charge on any atom is -0.273 e. The fraction of sp³-hybridized carbons (Fsp3) is 0.500. The van der Waals surface area contributed by atoms with Crippen LogP contribution in [0.5, 0.6) is 0 Å². The van der Waals surface area contributed by atoms with Gasteiger partial charge in [0.25, 0.3) is 5.24 Å². The molecule has 8 heteroatoms. The van der Waals surface area contributed by atoms with Gasteiger partial charge in [-0.2, -0.15) is 4.31 Å². The summed E-state index contributed by atoms with van der Waals surface area (Å²) in [6, 6.07) is 5.12. The summed E-state index contributed by atoms with van der Waals surface area (Å²) in [4.78, 5) is 25.2. The van der Waals surface area contributed by atoms with E-state index >= 15 is 0 Å². The van der Waals surface area contributed by atoms with Crippen LogP contribution in [0.1, 0.15) is 24.0 Å². The van der Waals surface area contributed by atoms with Crippen LogP contribution in [0.15, 0.2) is 23.1 Å². The maximum Gasteiger partial charge on any atom is 0.289 e. The summed E-state index contributed by atoms with van der Waals surface area (Å²) in [5, 5.41) is -0.212. The van der Waals surface area contributed by atoms with Crippen LogP contribution in [0.4, 0.5) is 4.79 Å². The molecule has 0 bridgehead atoms. The maximum atomic E-state index is 12.9. The topological polar surface area (TPSA) is 74.8 Å². The number of sulfonamides is 1. The van der Waals surface area contributed by atoms with Crippen LogP contribution < -0.4 is 0 Å². The first-order valence-corrected chi connectivity index (χ1v) is 10.3. The first-order valence-electron chi connectivity index (χ1n) is 7.87. The van der Waals surface area contributed by atoms with Crippen LogP contribution in [0.3, 0.4) is 0 Å². The quantitative estimate of drug-likeness (QED) is 0.817. The van der Waals surface area contributed by atoms with Gasteiger partial charge in [-0.3, -0.25) is 14.5 Å². The average molecular weight is 368 g/mol. The molecule has 0 N–H and O–H groups in total. The van der Waals surface area contributed by atoms with E-state index in [4.69, 9.17) is 0 Å². The average Bonchev–Trinajstić information content (AvgIpc) is 2.86. The molecule has 3 rings (SSSR count). The first-order chi connectivity index (χ1) is 11.3. The predicted molar refractivity (Wildman–Crippen MR) is 92.4 cm³/mol. The van der Waals surface area contributed by atoms with E-state index in [0.29, 0.717) is 30.8 Å². The molecular weight excluding hydrogens is 348 g/mol. The number of carbonyl (C=O) groups excluding carboxylic acids is 2. The number of amides is 2. The standard InChI is InChI=1S/C16H20N2O4S2/c1-11-3-4-14(12(2)9-11)24(21,22)17-7-5-13(6-8-17)18-15(19)10-23-16(18)20/h3-4,9,13H,5-8,10H2,1-2H3. The van der Waals surface area contributed by atoms with E-state index in [1.54, 1.807) is 19.1 Å². The molecule has 24 heavy (non-hydrogen) atoms. The third-order valence-electron chi connectivity index (χ3n) is 4.52. The Morgan fingerprint density at radius 2 is 1.79 bits per heavy atom. The van der Waals surface area contributed by atoms with Gasteiger partial charge in [0.2, 0.25) is 15.9 Å². The zero-order valence-electron chi connectivity index (χ0n) is 13.7. The lowest BCUT2D eigenvalue weighted by atomic mass is 10.1. The van der Waals surface area contributed by atoms with Gasteiger partial charge in [-0.15, -0.1) is 0 Å². The zero-order chi connectivity index (χ0) is 17.5. The molecule has 2 aliphatic rings. The van der Waals surface area contributed by atoms with Crippen LogP contribution >= 0.6 is 11.8 Å². The Kier molecular flexibility index (Phi) is 4.72. The molecule has 0 saturated carbocycles. The van der Waals surface area contributed by atoms with E-state index in [-0.39, 0.29) is 22.9 Å². The Balaban J connectivity index is 1.74. The van der Waals surface area contributed by atoms with Gasteiger partial charge in [0, 0.05) is 19.1 Å². The monoisotopic (exact) mass is 368 g/mol. The predicted octanol–water partition coefficient (Wildman–Crippen LogP) is 2.15. The normalized spacial score (nSPS) is 20.8. The summed E-state index contributed by atoms with van der Waals surface area (Å²) in [6.45, 7) is 4.37. The molecule has 2 heterocycles. The molecule has 0 spiro atoms. The van der Waals surface area contributed by atoms with E-state index in [9.17, 15) is 18.0 Å². The summed E-state index contributed by atoms with van der Waals surface area (Å²) in [6.07, 6.45) is 0.977. The summed E-state index contributed by atoms with van der Waals surface area (Å²) < 4.78 is 27.2. The number of hydrogen-bond donors (Lipinski definition) is 0. The summed E-state index contributed by atoms with van der Waals surface area (Å²) in [5.74, 6) is 0.0283. The maximum absolute atomic E-state index is 12.9. The number of piperidine rings is 1. The zero-order valence-corrected chi connectivity index (χ0v) is 15.3. The second-order valence-electron chi connectivity index (χ2n) is 6.22. The lowest BCUT2D eigenvalue weighted by Gasteiger charge is -2.34. The van der Waals surface area contributed by atoms with Gasteiger partial charge >= 0.3 is 0 Å². The van der Waals surface area contributed by atoms with Crippen molar-refractivity contribution in [3.05, 3.63) is 29.3 Å². The summed E-state index contributed by atoms with van der Waals surface area (Å²) in [5.41, 5.74) is 1.76. The van der Waals surface area contributed by atoms with Crippen LogP contribution in [0.2, 0.25) is 0 Å². The molecule has 2 amide bonds. The molecule has 6 nitrogen and oxygen atoms in total. The molecule has 130 valence electrons. The van der Waals surface area contributed by atoms with Crippen molar-refractivity contribution in [2.24, 2.45) is 0 Å². The second-order valence-corrected chi connectivity index (χ2v) is 9.06. The number of hydrogen-bond acceptors (Lipinski definition) is 5. The minimum atomic E-state index is -3.54. The number of thioether (sulfide) groups is 1. The van der Waals surface area contributed by atoms with E-state index in [1.165, 1.54) is 9.21 Å². The molecule has 0 atom stereocenters. The molecule has 0 aromatic heterocycles. The van der Waals surface area contributed by atoms with E-state index in [1.807, 2.05) is 13.0 Å². The number of rotatable bonds is 3. The first kappa shape index (κ1) is 17.4. The van der Waals surface area contributed by atoms with Crippen molar-refractivity contribution in [3.8, 4) is 0 Å². The number of aryl methyl sites for hydroxylation is 2. The fourth-order valence-corrected chi connectivity index (χ4v) is 5.74. The van der Waals surface area contributed by atoms with Crippen molar-refractivity contribution in [2.75, 3.05) is 18.8 Å². The number of imide groups is 1.